The molecule has 0 saturated heterocycles. The maximum absolute atomic E-state index is 8.00. The summed E-state index contributed by atoms with van der Waals surface area (Å²) < 4.78 is 0. The van der Waals surface area contributed by atoms with Crippen LogP contribution in [0.25, 0.3) is 0 Å². The molecule has 0 amide bonds. The van der Waals surface area contributed by atoms with Crippen molar-refractivity contribution in [1.29, 1.82) is 0 Å². The monoisotopic (exact) mass is 159 g/mol. The number of hydrogen-bond donors (Lipinski definition) is 0. The molecule has 0 fully saturated rings. The third-order valence-corrected chi connectivity index (χ3v) is 0. The fraction of sp³-hybridized carbons (Fsp3) is 0. The normalized spacial score (nSPS) is 3.00. The summed E-state index contributed by atoms with van der Waals surface area (Å²) in [5.41, 5.74) is 0. The first-order chi connectivity index (χ1) is 2.83. The average molecular weight is 159 g/mol. The Morgan fingerprint density at radius 1 is 1.00 bits per heavy atom. The second kappa shape index (κ2) is 66.4. The van der Waals surface area contributed by atoms with Gasteiger partial charge in [0, 0.05) is 0 Å². The van der Waals surface area contributed by atoms with Crippen molar-refractivity contribution in [1.82, 2.24) is 0 Å². The molecule has 0 aromatic heterocycles. The van der Waals surface area contributed by atoms with Gasteiger partial charge in [0.15, 0.2) is 0 Å². The van der Waals surface area contributed by atoms with Crippen molar-refractivity contribution in [2.24, 2.45) is 10.7 Å². The molecule has 6 nitrogen and oxygen atoms in total. The molecule has 0 heterocycles. The molecule has 0 spiro atoms. The summed E-state index contributed by atoms with van der Waals surface area (Å²) in [4.78, 5) is 16.0. The average Bonchev–Trinajstić information content (AvgIpc) is 1.39. The van der Waals surface area contributed by atoms with Gasteiger partial charge < -0.3 is 20.2 Å². The number of hydrogen-bond acceptors (Lipinski definition) is 6. The summed E-state index contributed by atoms with van der Waals surface area (Å²) in [6, 6.07) is 0. The number of rotatable bonds is 0. The molecule has 1 radical (unpaired) electrons. The van der Waals surface area contributed by atoms with Crippen molar-refractivity contribution in [2.45, 2.75) is 0 Å². The molecule has 0 rings (SSSR count). The van der Waals surface area contributed by atoms with E-state index in [2.05, 4.69) is 0 Å². The Morgan fingerprint density at radius 2 is 1.00 bits per heavy atom. The van der Waals surface area contributed by atoms with Crippen LogP contribution in [0.3, 0.4) is 0 Å². The van der Waals surface area contributed by atoms with Gasteiger partial charge in [-0.3, -0.25) is 0 Å². The maximum atomic E-state index is 8.00. The van der Waals surface area contributed by atoms with Crippen molar-refractivity contribution in [2.75, 3.05) is 0 Å². The topological polar surface area (TPSA) is 105 Å². The van der Waals surface area contributed by atoms with E-state index in [0.29, 0.717) is 0 Å². The zero-order valence-corrected chi connectivity index (χ0v) is 3.90. The van der Waals surface area contributed by atoms with E-state index < -0.39 is 0 Å². The Kier molecular flexibility index (Phi) is 205. The minimum atomic E-state index is 0. The van der Waals surface area contributed by atoms with Gasteiger partial charge in [-0.1, -0.05) is 0 Å². The Bertz CT molecular complexity index is 35.0. The van der Waals surface area contributed by atoms with Crippen LogP contribution in [-0.4, -0.2) is 18.9 Å². The Labute approximate surface area is 66.9 Å². The van der Waals surface area contributed by atoms with Gasteiger partial charge in [-0.05, 0) is 0 Å². The zero-order valence-electron chi connectivity index (χ0n) is 2.86. The van der Waals surface area contributed by atoms with Gasteiger partial charge in [0.05, 0.1) is 0 Å². The second-order valence-corrected chi connectivity index (χ2v) is 0.149. The quantitative estimate of drug-likeness (QED) is 0.278. The molecule has 0 aliphatic carbocycles. The van der Waals surface area contributed by atoms with Crippen LogP contribution >= 0.6 is 0 Å². The fourth-order valence-electron chi connectivity index (χ4n) is 0. The van der Waals surface area contributed by atoms with E-state index in [1.807, 2.05) is 0 Å². The van der Waals surface area contributed by atoms with Crippen LogP contribution < -0.4 is 0 Å². The van der Waals surface area contributed by atoms with Crippen molar-refractivity contribution < 1.29 is 16.8 Å². The van der Waals surface area contributed by atoms with Gasteiger partial charge in [-0.25, -0.2) is 0 Å². The molecule has 0 aliphatic heterocycles. The van der Waals surface area contributed by atoms with Crippen molar-refractivity contribution in [3.05, 3.63) is 20.2 Å². The third-order valence-electron chi connectivity index (χ3n) is 0. The van der Waals surface area contributed by atoms with Gasteiger partial charge in [-0.15, -0.1) is 10.7 Å². The summed E-state index contributed by atoms with van der Waals surface area (Å²) in [6.45, 7) is 0. The van der Waals surface area contributed by atoms with E-state index in [1.165, 1.54) is 0 Å². The van der Waals surface area contributed by atoms with Gasteiger partial charge >= 0.3 is 35.6 Å². The van der Waals surface area contributed by atoms with Crippen LogP contribution in [0.1, 0.15) is 0 Å². The molecule has 0 N–H and O–H groups in total. The van der Waals surface area contributed by atoms with Gasteiger partial charge in [-0.2, -0.15) is 0 Å². The zero-order chi connectivity index (χ0) is 5.41. The first-order valence-corrected chi connectivity index (χ1v) is 0.730. The van der Waals surface area contributed by atoms with Crippen LogP contribution in [-0.2, 0) is 16.8 Å². The van der Waals surface area contributed by atoms with E-state index in [1.54, 1.807) is 0 Å². The molecule has 0 atom stereocenters. The van der Waals surface area contributed by atoms with Crippen LogP contribution in [0.5, 0.6) is 0 Å². The molecule has 0 bridgehead atoms. The molecule has 0 aromatic carbocycles. The Morgan fingerprint density at radius 3 is 1.00 bits per heavy atom. The standard InChI is InChI=1S/Co.Li.2HNO2.H/c;;2*2-1-3;/h;;2*(H,2,3);/q+2;;;;/p-2. The molecular weight excluding hydrogens is 158 g/mol. The van der Waals surface area contributed by atoms with E-state index in [0.717, 1.165) is 10.7 Å². The fourth-order valence-corrected chi connectivity index (χ4v) is 0. The minimum absolute atomic E-state index is 0. The molecule has 0 aromatic rings. The van der Waals surface area contributed by atoms with E-state index >= 15 is 0 Å². The van der Waals surface area contributed by atoms with E-state index in [4.69, 9.17) is 20.2 Å². The van der Waals surface area contributed by atoms with Gasteiger partial charge in [0.25, 0.3) is 0 Å². The Balaban J connectivity index is -0.0000000160. The SMILES string of the molecule is O=N[O-].O=N[O-].[Co+2].[LiH]. The summed E-state index contributed by atoms with van der Waals surface area (Å²) in [7, 11) is 0. The van der Waals surface area contributed by atoms with Gasteiger partial charge in [0.1, 0.15) is 0 Å². The van der Waals surface area contributed by atoms with E-state index in [-0.39, 0.29) is 35.6 Å². The molecule has 0 aliphatic rings. The van der Waals surface area contributed by atoms with Crippen LogP contribution in [0, 0.1) is 20.2 Å². The third kappa shape index (κ3) is 15400. The van der Waals surface area contributed by atoms with Crippen LogP contribution in [0.2, 0.25) is 0 Å². The molecular formula is HCoLiN2O4. The summed E-state index contributed by atoms with van der Waals surface area (Å²) >= 11 is 0. The first kappa shape index (κ1) is 24.7. The van der Waals surface area contributed by atoms with E-state index in [9.17, 15) is 0 Å². The molecule has 8 heteroatoms. The Hall–Kier alpha value is -0.0961. The molecule has 0 saturated carbocycles. The molecule has 45 valence electrons. The predicted molar refractivity (Wildman–Crippen MR) is 25.5 cm³/mol. The van der Waals surface area contributed by atoms with Crippen molar-refractivity contribution >= 4 is 18.9 Å². The molecule has 8 heavy (non-hydrogen) atoms. The predicted octanol–water partition coefficient (Wildman–Crippen LogP) is -0.150. The number of nitrogens with zero attached hydrogens (tertiary/aromatic N) is 2. The van der Waals surface area contributed by atoms with Crippen LogP contribution in [0.15, 0.2) is 10.7 Å². The van der Waals surface area contributed by atoms with Crippen LogP contribution in [0.4, 0.5) is 0 Å². The second-order valence-electron chi connectivity index (χ2n) is 0.149. The summed E-state index contributed by atoms with van der Waals surface area (Å²) in [5.74, 6) is 0. The van der Waals surface area contributed by atoms with Crippen molar-refractivity contribution in [3.8, 4) is 0 Å². The molecule has 0 unspecified atom stereocenters. The first-order valence-electron chi connectivity index (χ1n) is 0.730. The van der Waals surface area contributed by atoms with Gasteiger partial charge in [0.2, 0.25) is 0 Å². The summed E-state index contributed by atoms with van der Waals surface area (Å²) in [5, 5.41) is 18.0. The van der Waals surface area contributed by atoms with Crippen molar-refractivity contribution in [3.63, 3.8) is 0 Å². The summed E-state index contributed by atoms with van der Waals surface area (Å²) in [6.07, 6.45) is 0.